The highest BCUT2D eigenvalue weighted by atomic mass is 19.1. The molecule has 0 saturated heterocycles. The van der Waals surface area contributed by atoms with Gasteiger partial charge in [-0.15, -0.1) is 0 Å². The van der Waals surface area contributed by atoms with E-state index in [4.69, 9.17) is 14.2 Å². The maximum absolute atomic E-state index is 15.2. The molecule has 0 aliphatic carbocycles. The Hall–Kier alpha value is -5.49. The molecule has 2 N–H and O–H groups in total. The van der Waals surface area contributed by atoms with Crippen molar-refractivity contribution in [3.8, 4) is 22.9 Å². The molecule has 1 atom stereocenters. The summed E-state index contributed by atoms with van der Waals surface area (Å²) >= 11 is 0. The molecule has 2 heterocycles. The summed E-state index contributed by atoms with van der Waals surface area (Å²) in [5.41, 5.74) is 0.901. The number of methoxy groups -OCH3 is 1. The van der Waals surface area contributed by atoms with E-state index in [9.17, 15) is 14.4 Å². The number of ether oxygens (including phenoxy) is 3. The molecule has 1 unspecified atom stereocenters. The lowest BCUT2D eigenvalue weighted by Gasteiger charge is -2.18. The number of fused-ring (bicyclic) bond motifs is 1. The van der Waals surface area contributed by atoms with Crippen LogP contribution in [0.25, 0.3) is 16.6 Å². The van der Waals surface area contributed by atoms with Crippen LogP contribution in [0.15, 0.2) is 83.8 Å². The fourth-order valence-electron chi connectivity index (χ4n) is 4.94. The Bertz CT molecular complexity index is 1920. The van der Waals surface area contributed by atoms with Crippen LogP contribution >= 0.6 is 0 Å². The van der Waals surface area contributed by atoms with Crippen LogP contribution in [0.3, 0.4) is 0 Å². The van der Waals surface area contributed by atoms with Gasteiger partial charge in [-0.25, -0.2) is 9.07 Å². The number of rotatable bonds is 11. The van der Waals surface area contributed by atoms with E-state index in [-0.39, 0.29) is 30.1 Å². The minimum atomic E-state index is -0.723. The third kappa shape index (κ3) is 6.70. The lowest BCUT2D eigenvalue weighted by atomic mass is 10.2. The van der Waals surface area contributed by atoms with E-state index in [2.05, 4.69) is 15.6 Å². The number of benzene rings is 3. The van der Waals surface area contributed by atoms with Gasteiger partial charge in [0.15, 0.2) is 11.6 Å². The van der Waals surface area contributed by atoms with Crippen molar-refractivity contribution >= 4 is 28.5 Å². The van der Waals surface area contributed by atoms with E-state index in [1.807, 2.05) is 0 Å². The number of hydrogen-bond acceptors (Lipinski definition) is 8. The molecule has 2 aromatic heterocycles. The number of esters is 1. The van der Waals surface area contributed by atoms with Crippen molar-refractivity contribution in [1.82, 2.24) is 19.7 Å². The number of nitrogens with zero attached hydrogens (tertiary/aromatic N) is 3. The van der Waals surface area contributed by atoms with Crippen molar-refractivity contribution in [3.05, 3.63) is 106 Å². The number of carbonyl (C=O) groups is 2. The van der Waals surface area contributed by atoms with Crippen molar-refractivity contribution in [2.24, 2.45) is 0 Å². The maximum Gasteiger partial charge on any atom is 0.320 e. The van der Waals surface area contributed by atoms with Gasteiger partial charge in [0.25, 0.3) is 11.5 Å². The second-order valence-corrected chi connectivity index (χ2v) is 10.2. The van der Waals surface area contributed by atoms with Gasteiger partial charge in [-0.05, 0) is 63.4 Å². The van der Waals surface area contributed by atoms with Gasteiger partial charge >= 0.3 is 5.97 Å². The summed E-state index contributed by atoms with van der Waals surface area (Å²) < 4.78 is 34.7. The van der Waals surface area contributed by atoms with E-state index in [0.717, 1.165) is 6.07 Å². The van der Waals surface area contributed by atoms with E-state index < -0.39 is 29.4 Å². The molecule has 0 fully saturated rings. The maximum atomic E-state index is 15.2. The number of carbonyl (C=O) groups excluding carboxylic acids is 2. The minimum absolute atomic E-state index is 0.0307. The highest BCUT2D eigenvalue weighted by Crippen LogP contribution is 2.33. The van der Waals surface area contributed by atoms with Crippen molar-refractivity contribution in [3.63, 3.8) is 0 Å². The smallest absolute Gasteiger partial charge is 0.320 e. The SMILES string of the molecule is CNCC(=O)OC(C)Cn1c(C)c(C(=O)Nc2ccc(Oc3ccnc4cc(OC)ccc34)c(F)c2)c(=O)n1-c1ccccc1. The average Bonchev–Trinajstić information content (AvgIpc) is 3.26. The van der Waals surface area contributed by atoms with Crippen molar-refractivity contribution < 1.29 is 28.2 Å². The van der Waals surface area contributed by atoms with Gasteiger partial charge < -0.3 is 24.8 Å². The van der Waals surface area contributed by atoms with Crippen molar-refractivity contribution in [2.45, 2.75) is 26.5 Å². The Morgan fingerprint density at radius 1 is 1.02 bits per heavy atom. The Kier molecular flexibility index (Phi) is 9.24. The van der Waals surface area contributed by atoms with Gasteiger partial charge in [0.05, 0.1) is 37.1 Å². The first-order valence-corrected chi connectivity index (χ1v) is 14.1. The number of amides is 1. The van der Waals surface area contributed by atoms with Crippen LogP contribution in [0, 0.1) is 12.7 Å². The number of para-hydroxylation sites is 1. The molecule has 0 aliphatic rings. The van der Waals surface area contributed by atoms with Crippen LogP contribution in [-0.2, 0) is 16.1 Å². The normalized spacial score (nSPS) is 11.7. The lowest BCUT2D eigenvalue weighted by Crippen LogP contribution is -2.30. The molecule has 0 spiro atoms. The van der Waals surface area contributed by atoms with E-state index in [1.54, 1.807) is 93.5 Å². The molecule has 232 valence electrons. The third-order valence-corrected chi connectivity index (χ3v) is 7.03. The molecular weight excluding hydrogens is 581 g/mol. The van der Waals surface area contributed by atoms with Crippen molar-refractivity contribution in [1.29, 1.82) is 0 Å². The summed E-state index contributed by atoms with van der Waals surface area (Å²) in [6.45, 7) is 3.47. The number of nitrogens with one attached hydrogen (secondary N) is 2. The molecule has 0 bridgehead atoms. The predicted octanol–water partition coefficient (Wildman–Crippen LogP) is 4.84. The fourth-order valence-corrected chi connectivity index (χ4v) is 4.94. The number of anilines is 1. The number of likely N-dealkylation sites (N-methyl/N-ethyl adjacent to an activating group) is 1. The zero-order chi connectivity index (χ0) is 32.1. The molecule has 3 aromatic carbocycles. The van der Waals surface area contributed by atoms with Gasteiger partial charge in [-0.1, -0.05) is 18.2 Å². The van der Waals surface area contributed by atoms with E-state index in [0.29, 0.717) is 33.8 Å². The fraction of sp³-hybridized carbons (Fsp3) is 0.212. The second-order valence-electron chi connectivity index (χ2n) is 10.2. The lowest BCUT2D eigenvalue weighted by molar-refractivity contribution is -0.147. The highest BCUT2D eigenvalue weighted by Gasteiger charge is 2.26. The molecule has 5 rings (SSSR count). The zero-order valence-electron chi connectivity index (χ0n) is 25.2. The molecule has 5 aromatic rings. The summed E-state index contributed by atoms with van der Waals surface area (Å²) in [6.07, 6.45) is 0.941. The van der Waals surface area contributed by atoms with Crippen LogP contribution in [-0.4, -0.2) is 53.0 Å². The Balaban J connectivity index is 1.41. The van der Waals surface area contributed by atoms with Crippen LogP contribution in [0.4, 0.5) is 10.1 Å². The molecule has 45 heavy (non-hydrogen) atoms. The molecule has 1 amide bonds. The summed E-state index contributed by atoms with van der Waals surface area (Å²) in [5.74, 6) is -0.938. The molecule has 0 saturated carbocycles. The predicted molar refractivity (Wildman–Crippen MR) is 167 cm³/mol. The summed E-state index contributed by atoms with van der Waals surface area (Å²) in [6, 6.07) is 19.7. The summed E-state index contributed by atoms with van der Waals surface area (Å²) in [4.78, 5) is 43.5. The topological polar surface area (TPSA) is 126 Å². The Labute approximate surface area is 258 Å². The summed E-state index contributed by atoms with van der Waals surface area (Å²) in [7, 11) is 3.19. The van der Waals surface area contributed by atoms with Crippen molar-refractivity contribution in [2.75, 3.05) is 26.0 Å². The van der Waals surface area contributed by atoms with Crippen LogP contribution in [0.2, 0.25) is 0 Å². The molecular formula is C33H32FN5O6. The third-order valence-electron chi connectivity index (χ3n) is 7.03. The van der Waals surface area contributed by atoms with Gasteiger partial charge in [0.1, 0.15) is 23.2 Å². The second kappa shape index (κ2) is 13.4. The van der Waals surface area contributed by atoms with Gasteiger partial charge in [-0.2, -0.15) is 0 Å². The number of hydrogen-bond donors (Lipinski definition) is 2. The van der Waals surface area contributed by atoms with Gasteiger partial charge in [0.2, 0.25) is 0 Å². The average molecular weight is 614 g/mol. The molecule has 11 nitrogen and oxygen atoms in total. The van der Waals surface area contributed by atoms with E-state index >= 15 is 4.39 Å². The van der Waals surface area contributed by atoms with Gasteiger partial charge in [-0.3, -0.25) is 24.0 Å². The van der Waals surface area contributed by atoms with Crippen LogP contribution in [0.1, 0.15) is 23.0 Å². The van der Waals surface area contributed by atoms with Gasteiger partial charge in [0, 0.05) is 29.4 Å². The highest BCUT2D eigenvalue weighted by molar-refractivity contribution is 6.05. The summed E-state index contributed by atoms with van der Waals surface area (Å²) in [5, 5.41) is 6.03. The largest absolute Gasteiger partial charge is 0.497 e. The van der Waals surface area contributed by atoms with Crippen LogP contribution in [0.5, 0.6) is 17.2 Å². The first kappa shape index (κ1) is 31.0. The Morgan fingerprint density at radius 2 is 1.80 bits per heavy atom. The molecule has 0 aliphatic heterocycles. The monoisotopic (exact) mass is 613 g/mol. The first-order chi connectivity index (χ1) is 21.7. The number of pyridine rings is 1. The van der Waals surface area contributed by atoms with E-state index in [1.165, 1.54) is 16.8 Å². The first-order valence-electron chi connectivity index (χ1n) is 14.1. The molecule has 12 heteroatoms. The number of halogens is 1. The quantitative estimate of drug-likeness (QED) is 0.203. The molecule has 0 radical (unpaired) electrons. The Morgan fingerprint density at radius 3 is 2.51 bits per heavy atom. The number of aromatic nitrogens is 3. The van der Waals surface area contributed by atoms with Crippen LogP contribution < -0.4 is 25.7 Å². The zero-order valence-corrected chi connectivity index (χ0v) is 25.2. The standard InChI is InChI=1S/C33H32FN5O6/c1-20(44-30(40)18-35-3)19-38-21(2)31(33(42)39(38)23-8-6-5-7-9-23)32(41)37-22-10-13-29(26(34)16-22)45-28-14-15-36-27-17-24(43-4)11-12-25(27)28/h5-17,20,35H,18-19H2,1-4H3,(H,37,41). The minimum Gasteiger partial charge on any atom is -0.497 e.